The van der Waals surface area contributed by atoms with E-state index in [0.717, 1.165) is 17.3 Å². The maximum Gasteiger partial charge on any atom is 0.135 e. The van der Waals surface area contributed by atoms with Crippen LogP contribution in [0, 0.1) is 13.8 Å². The van der Waals surface area contributed by atoms with E-state index in [-0.39, 0.29) is 0 Å². The Morgan fingerprint density at radius 3 is 2.68 bits per heavy atom. The normalized spacial score (nSPS) is 14.2. The number of hydrogen-bond acceptors (Lipinski definition) is 4. The van der Waals surface area contributed by atoms with Crippen LogP contribution in [0.15, 0.2) is 30.6 Å². The van der Waals surface area contributed by atoms with Crippen LogP contribution in [0.1, 0.15) is 24.0 Å². The quantitative estimate of drug-likeness (QED) is 0.877. The smallest absolute Gasteiger partial charge is 0.135 e. The lowest BCUT2D eigenvalue weighted by atomic mass is 10.1. The Hall–Kier alpha value is -2.10. The van der Waals surface area contributed by atoms with E-state index in [1.807, 2.05) is 6.07 Å². The highest BCUT2D eigenvalue weighted by molar-refractivity contribution is 5.63. The molecule has 2 N–H and O–H groups in total. The Morgan fingerprint density at radius 1 is 1.11 bits per heavy atom. The van der Waals surface area contributed by atoms with Gasteiger partial charge in [0.1, 0.15) is 18.0 Å². The number of nitrogens with one attached hydrogen (secondary N) is 2. The van der Waals surface area contributed by atoms with Crippen molar-refractivity contribution < 1.29 is 0 Å². The molecular weight excluding hydrogens is 236 g/mol. The molecular formula is C15H18N4. The fourth-order valence-electron chi connectivity index (χ4n) is 1.97. The molecule has 0 bridgehead atoms. The summed E-state index contributed by atoms with van der Waals surface area (Å²) in [6, 6.07) is 8.79. The number of anilines is 3. The van der Waals surface area contributed by atoms with Gasteiger partial charge in [-0.25, -0.2) is 9.97 Å². The van der Waals surface area contributed by atoms with Crippen molar-refractivity contribution in [2.75, 3.05) is 10.6 Å². The second kappa shape index (κ2) is 4.88. The first kappa shape index (κ1) is 12.0. The molecule has 0 radical (unpaired) electrons. The number of nitrogens with zero attached hydrogens (tertiary/aromatic N) is 2. The maximum absolute atomic E-state index is 4.27. The Labute approximate surface area is 113 Å². The largest absolute Gasteiger partial charge is 0.367 e. The van der Waals surface area contributed by atoms with E-state index < -0.39 is 0 Å². The van der Waals surface area contributed by atoms with E-state index >= 15 is 0 Å². The van der Waals surface area contributed by atoms with Crippen molar-refractivity contribution in [1.29, 1.82) is 0 Å². The highest BCUT2D eigenvalue weighted by Crippen LogP contribution is 2.26. The molecule has 1 aliphatic rings. The number of hydrogen-bond donors (Lipinski definition) is 2. The lowest BCUT2D eigenvalue weighted by Crippen LogP contribution is -2.04. The van der Waals surface area contributed by atoms with E-state index in [1.165, 1.54) is 24.0 Å². The van der Waals surface area contributed by atoms with Crippen molar-refractivity contribution in [2.24, 2.45) is 0 Å². The minimum Gasteiger partial charge on any atom is -0.367 e. The molecule has 1 aromatic heterocycles. The third kappa shape index (κ3) is 2.84. The third-order valence-corrected chi connectivity index (χ3v) is 3.46. The number of aromatic nitrogens is 2. The van der Waals surface area contributed by atoms with Crippen LogP contribution in [0.3, 0.4) is 0 Å². The molecule has 1 aliphatic carbocycles. The zero-order valence-electron chi connectivity index (χ0n) is 11.3. The lowest BCUT2D eigenvalue weighted by molar-refractivity contribution is 1.08. The predicted octanol–water partition coefficient (Wildman–Crippen LogP) is 3.41. The molecule has 1 saturated carbocycles. The van der Waals surface area contributed by atoms with E-state index in [4.69, 9.17) is 0 Å². The van der Waals surface area contributed by atoms with Gasteiger partial charge in [0.25, 0.3) is 0 Å². The molecule has 1 aromatic carbocycles. The molecule has 0 atom stereocenters. The summed E-state index contributed by atoms with van der Waals surface area (Å²) in [6.07, 6.45) is 4.08. The molecule has 0 saturated heterocycles. The van der Waals surface area contributed by atoms with Crippen molar-refractivity contribution in [2.45, 2.75) is 32.7 Å². The summed E-state index contributed by atoms with van der Waals surface area (Å²) in [7, 11) is 0. The zero-order valence-corrected chi connectivity index (χ0v) is 11.3. The van der Waals surface area contributed by atoms with E-state index in [0.29, 0.717) is 6.04 Å². The topological polar surface area (TPSA) is 49.8 Å². The Bertz CT molecular complexity index is 590. The van der Waals surface area contributed by atoms with Gasteiger partial charge in [-0.3, -0.25) is 0 Å². The van der Waals surface area contributed by atoms with Crippen molar-refractivity contribution in [3.8, 4) is 0 Å². The molecule has 0 unspecified atom stereocenters. The first-order valence-electron chi connectivity index (χ1n) is 6.64. The Balaban J connectivity index is 1.80. The van der Waals surface area contributed by atoms with Gasteiger partial charge in [-0.2, -0.15) is 0 Å². The summed E-state index contributed by atoms with van der Waals surface area (Å²) in [6.45, 7) is 4.22. The molecule has 1 fully saturated rings. The standard InChI is InChI=1S/C15H18N4/c1-10-4-3-5-13(11(10)2)19-15-8-14(16-9-17-15)18-12-6-7-12/h3-5,8-9,12H,6-7H2,1-2H3,(H2,16,17,18,19). The highest BCUT2D eigenvalue weighted by atomic mass is 15.1. The van der Waals surface area contributed by atoms with E-state index in [1.54, 1.807) is 6.33 Å². The van der Waals surface area contributed by atoms with Crippen LogP contribution in [0.4, 0.5) is 17.3 Å². The van der Waals surface area contributed by atoms with Crippen LogP contribution < -0.4 is 10.6 Å². The van der Waals surface area contributed by atoms with Gasteiger partial charge in [-0.05, 0) is 43.9 Å². The molecule has 19 heavy (non-hydrogen) atoms. The molecule has 3 rings (SSSR count). The fraction of sp³-hybridized carbons (Fsp3) is 0.333. The first-order valence-corrected chi connectivity index (χ1v) is 6.64. The Morgan fingerprint density at radius 2 is 1.89 bits per heavy atom. The van der Waals surface area contributed by atoms with Gasteiger partial charge in [-0.15, -0.1) is 0 Å². The van der Waals surface area contributed by atoms with Crippen LogP contribution in [0.2, 0.25) is 0 Å². The van der Waals surface area contributed by atoms with Crippen LogP contribution in [0.25, 0.3) is 0 Å². The SMILES string of the molecule is Cc1cccc(Nc2cc(NC3CC3)ncn2)c1C. The van der Waals surface area contributed by atoms with Gasteiger partial charge < -0.3 is 10.6 Å². The number of aryl methyl sites for hydroxylation is 1. The third-order valence-electron chi connectivity index (χ3n) is 3.46. The van der Waals surface area contributed by atoms with Gasteiger partial charge in [0.15, 0.2) is 0 Å². The average Bonchev–Trinajstić information content (AvgIpc) is 3.19. The fourth-order valence-corrected chi connectivity index (χ4v) is 1.97. The molecule has 1 heterocycles. The second-order valence-corrected chi connectivity index (χ2v) is 5.08. The molecule has 2 aromatic rings. The summed E-state index contributed by atoms with van der Waals surface area (Å²) in [5.41, 5.74) is 3.62. The van der Waals surface area contributed by atoms with Gasteiger partial charge in [0.2, 0.25) is 0 Å². The van der Waals surface area contributed by atoms with Crippen molar-refractivity contribution in [3.63, 3.8) is 0 Å². The van der Waals surface area contributed by atoms with Crippen molar-refractivity contribution in [1.82, 2.24) is 9.97 Å². The molecule has 0 aliphatic heterocycles. The summed E-state index contributed by atoms with van der Waals surface area (Å²) in [4.78, 5) is 8.51. The number of rotatable bonds is 4. The van der Waals surface area contributed by atoms with Crippen LogP contribution >= 0.6 is 0 Å². The van der Waals surface area contributed by atoms with Crippen molar-refractivity contribution >= 4 is 17.3 Å². The van der Waals surface area contributed by atoms with Gasteiger partial charge in [0, 0.05) is 17.8 Å². The minimum atomic E-state index is 0.600. The van der Waals surface area contributed by atoms with Gasteiger partial charge in [0.05, 0.1) is 0 Å². The summed E-state index contributed by atoms with van der Waals surface area (Å²) < 4.78 is 0. The molecule has 4 nitrogen and oxygen atoms in total. The highest BCUT2D eigenvalue weighted by Gasteiger charge is 2.21. The van der Waals surface area contributed by atoms with E-state index in [2.05, 4.69) is 52.6 Å². The minimum absolute atomic E-state index is 0.600. The van der Waals surface area contributed by atoms with E-state index in [9.17, 15) is 0 Å². The molecule has 0 spiro atoms. The predicted molar refractivity (Wildman–Crippen MR) is 77.9 cm³/mol. The lowest BCUT2D eigenvalue weighted by Gasteiger charge is -2.11. The molecule has 4 heteroatoms. The van der Waals surface area contributed by atoms with Crippen LogP contribution in [0.5, 0.6) is 0 Å². The monoisotopic (exact) mass is 254 g/mol. The van der Waals surface area contributed by atoms with Crippen LogP contribution in [-0.2, 0) is 0 Å². The van der Waals surface area contributed by atoms with Gasteiger partial charge >= 0.3 is 0 Å². The average molecular weight is 254 g/mol. The Kier molecular flexibility index (Phi) is 3.07. The molecule has 0 amide bonds. The number of benzene rings is 1. The first-order chi connectivity index (χ1) is 9.22. The zero-order chi connectivity index (χ0) is 13.2. The second-order valence-electron chi connectivity index (χ2n) is 5.08. The summed E-state index contributed by atoms with van der Waals surface area (Å²) in [5.74, 6) is 1.72. The molecule has 98 valence electrons. The summed E-state index contributed by atoms with van der Waals surface area (Å²) in [5, 5.41) is 6.73. The van der Waals surface area contributed by atoms with Crippen LogP contribution in [-0.4, -0.2) is 16.0 Å². The summed E-state index contributed by atoms with van der Waals surface area (Å²) >= 11 is 0. The maximum atomic E-state index is 4.27. The van der Waals surface area contributed by atoms with Crippen molar-refractivity contribution in [3.05, 3.63) is 41.7 Å². The van der Waals surface area contributed by atoms with Gasteiger partial charge in [-0.1, -0.05) is 12.1 Å².